The summed E-state index contributed by atoms with van der Waals surface area (Å²) in [6.07, 6.45) is 0. The number of piperazine rings is 1. The predicted octanol–water partition coefficient (Wildman–Crippen LogP) is 4.12. The van der Waals surface area contributed by atoms with E-state index in [9.17, 15) is 14.7 Å². The number of ether oxygens (including phenoxy) is 1. The molecule has 7 nitrogen and oxygen atoms in total. The highest BCUT2D eigenvalue weighted by molar-refractivity contribution is 7.17. The molecule has 4 rings (SSSR count). The van der Waals surface area contributed by atoms with Crippen LogP contribution in [0.5, 0.6) is 5.75 Å². The second-order valence-electron chi connectivity index (χ2n) is 7.38. The summed E-state index contributed by atoms with van der Waals surface area (Å²) >= 11 is 2.89. The molecule has 0 atom stereocenters. The number of anilines is 2. The van der Waals surface area contributed by atoms with Crippen molar-refractivity contribution in [2.24, 2.45) is 0 Å². The average Bonchev–Trinajstić information content (AvgIpc) is 3.45. The summed E-state index contributed by atoms with van der Waals surface area (Å²) in [6, 6.07) is 11.0. The molecule has 1 saturated heterocycles. The van der Waals surface area contributed by atoms with Crippen molar-refractivity contribution in [2.45, 2.75) is 6.92 Å². The Kier molecular flexibility index (Phi) is 7.09. The van der Waals surface area contributed by atoms with Crippen molar-refractivity contribution in [2.75, 3.05) is 49.5 Å². The second kappa shape index (κ2) is 10.2. The minimum atomic E-state index is -0.421. The molecule has 3 aromatic rings. The third-order valence-electron chi connectivity index (χ3n) is 5.26. The summed E-state index contributed by atoms with van der Waals surface area (Å²) in [5, 5.41) is 16.8. The van der Waals surface area contributed by atoms with Crippen LogP contribution in [0.3, 0.4) is 0 Å². The largest absolute Gasteiger partial charge is 0.508 e. The van der Waals surface area contributed by atoms with E-state index in [0.717, 1.165) is 42.3 Å². The van der Waals surface area contributed by atoms with Gasteiger partial charge in [-0.05, 0) is 42.6 Å². The maximum atomic E-state index is 12.8. The number of thiophene rings is 2. The van der Waals surface area contributed by atoms with E-state index in [4.69, 9.17) is 4.74 Å². The summed E-state index contributed by atoms with van der Waals surface area (Å²) in [7, 11) is 0. The van der Waals surface area contributed by atoms with Gasteiger partial charge in [-0.15, -0.1) is 22.7 Å². The highest BCUT2D eigenvalue weighted by atomic mass is 32.1. The fourth-order valence-electron chi connectivity index (χ4n) is 3.67. The fourth-order valence-corrected chi connectivity index (χ4v) is 5.45. The van der Waals surface area contributed by atoms with E-state index in [1.165, 1.54) is 11.3 Å². The zero-order valence-corrected chi connectivity index (χ0v) is 19.4. The van der Waals surface area contributed by atoms with Crippen LogP contribution in [0.15, 0.2) is 47.2 Å². The third-order valence-corrected chi connectivity index (χ3v) is 7.06. The van der Waals surface area contributed by atoms with E-state index in [1.54, 1.807) is 30.4 Å². The van der Waals surface area contributed by atoms with Crippen LogP contribution in [-0.2, 0) is 9.53 Å². The molecular weight excluding hydrogens is 446 g/mol. The Morgan fingerprint density at radius 2 is 1.84 bits per heavy atom. The Morgan fingerprint density at radius 3 is 2.50 bits per heavy atom. The van der Waals surface area contributed by atoms with Crippen molar-refractivity contribution in [3.05, 3.63) is 52.7 Å². The Bertz CT molecular complexity index is 1060. The molecule has 0 bridgehead atoms. The van der Waals surface area contributed by atoms with Crippen LogP contribution in [0.2, 0.25) is 0 Å². The minimum absolute atomic E-state index is 0.145. The molecule has 1 aliphatic heterocycles. The quantitative estimate of drug-likeness (QED) is 0.505. The van der Waals surface area contributed by atoms with Gasteiger partial charge >= 0.3 is 5.97 Å². The minimum Gasteiger partial charge on any atom is -0.508 e. The van der Waals surface area contributed by atoms with E-state index in [0.29, 0.717) is 10.6 Å². The molecule has 1 fully saturated rings. The molecular formula is C23H25N3O4S2. The number of carbonyl (C=O) groups excluding carboxylic acids is 2. The smallest absolute Gasteiger partial charge is 0.341 e. The van der Waals surface area contributed by atoms with Gasteiger partial charge in [0, 0.05) is 47.7 Å². The van der Waals surface area contributed by atoms with Crippen LogP contribution in [-0.4, -0.2) is 61.2 Å². The van der Waals surface area contributed by atoms with Gasteiger partial charge in [-0.25, -0.2) is 4.79 Å². The van der Waals surface area contributed by atoms with E-state index in [-0.39, 0.29) is 24.8 Å². The number of hydrogen-bond donors (Lipinski definition) is 2. The summed E-state index contributed by atoms with van der Waals surface area (Å²) in [4.78, 5) is 30.7. The number of nitrogens with zero attached hydrogens (tertiary/aromatic N) is 2. The molecule has 32 heavy (non-hydrogen) atoms. The number of nitrogens with one attached hydrogen (secondary N) is 1. The molecule has 0 spiro atoms. The summed E-state index contributed by atoms with van der Waals surface area (Å²) in [5.74, 6) is -0.315. The zero-order chi connectivity index (χ0) is 22.5. The van der Waals surface area contributed by atoms with Crippen molar-refractivity contribution in [1.82, 2.24) is 4.90 Å². The standard InChI is InChI=1S/C23H25N3O4S2/c1-2-30-23(29)21-18(19-4-3-13-31-19)15-32-22(21)24-20(28)14-25-9-11-26(12-10-25)16-5-7-17(27)8-6-16/h3-8,13,15,27H,2,9-12,14H2,1H3,(H,24,28). The first kappa shape index (κ1) is 22.3. The number of rotatable bonds is 7. The van der Waals surface area contributed by atoms with Gasteiger partial charge in [0.25, 0.3) is 0 Å². The highest BCUT2D eigenvalue weighted by Gasteiger charge is 2.25. The van der Waals surface area contributed by atoms with E-state index < -0.39 is 5.97 Å². The second-order valence-corrected chi connectivity index (χ2v) is 9.21. The molecule has 0 saturated carbocycles. The fraction of sp³-hybridized carbons (Fsp3) is 0.304. The van der Waals surface area contributed by atoms with Crippen LogP contribution in [0, 0.1) is 0 Å². The van der Waals surface area contributed by atoms with Gasteiger partial charge in [-0.1, -0.05) is 6.07 Å². The maximum Gasteiger partial charge on any atom is 0.341 e. The van der Waals surface area contributed by atoms with Crippen molar-refractivity contribution in [1.29, 1.82) is 0 Å². The van der Waals surface area contributed by atoms with Crippen molar-refractivity contribution < 1.29 is 19.4 Å². The van der Waals surface area contributed by atoms with Crippen LogP contribution in [0.25, 0.3) is 10.4 Å². The molecule has 0 radical (unpaired) electrons. The lowest BCUT2D eigenvalue weighted by Crippen LogP contribution is -2.48. The van der Waals surface area contributed by atoms with Gasteiger partial charge in [0.1, 0.15) is 16.3 Å². The first-order valence-corrected chi connectivity index (χ1v) is 12.2. The Balaban J connectivity index is 1.38. The van der Waals surface area contributed by atoms with Crippen molar-refractivity contribution in [3.63, 3.8) is 0 Å². The van der Waals surface area contributed by atoms with Crippen molar-refractivity contribution in [3.8, 4) is 16.2 Å². The first-order valence-electron chi connectivity index (χ1n) is 10.4. The lowest BCUT2D eigenvalue weighted by Gasteiger charge is -2.35. The lowest BCUT2D eigenvalue weighted by molar-refractivity contribution is -0.117. The Labute approximate surface area is 194 Å². The number of benzene rings is 1. The number of esters is 1. The van der Waals surface area contributed by atoms with Gasteiger partial charge < -0.3 is 20.1 Å². The number of aromatic hydroxyl groups is 1. The molecule has 168 valence electrons. The molecule has 9 heteroatoms. The lowest BCUT2D eigenvalue weighted by atomic mass is 10.1. The summed E-state index contributed by atoms with van der Waals surface area (Å²) in [5.41, 5.74) is 2.27. The zero-order valence-electron chi connectivity index (χ0n) is 17.7. The molecule has 0 aliphatic carbocycles. The number of hydrogen-bond acceptors (Lipinski definition) is 8. The Hall–Kier alpha value is -2.88. The molecule has 0 unspecified atom stereocenters. The molecule has 1 aliphatic rings. The van der Waals surface area contributed by atoms with Gasteiger partial charge in [0.05, 0.1) is 13.2 Å². The van der Waals surface area contributed by atoms with E-state index in [1.807, 2.05) is 35.0 Å². The topological polar surface area (TPSA) is 82.1 Å². The monoisotopic (exact) mass is 471 g/mol. The van der Waals surface area contributed by atoms with Gasteiger partial charge in [-0.3, -0.25) is 9.69 Å². The molecule has 2 aromatic heterocycles. The number of amides is 1. The molecule has 1 amide bonds. The van der Waals surface area contributed by atoms with E-state index >= 15 is 0 Å². The molecule has 1 aromatic carbocycles. The van der Waals surface area contributed by atoms with E-state index in [2.05, 4.69) is 15.1 Å². The number of carbonyl (C=O) groups is 2. The van der Waals surface area contributed by atoms with Crippen LogP contribution in [0.1, 0.15) is 17.3 Å². The van der Waals surface area contributed by atoms with Gasteiger partial charge in [0.2, 0.25) is 5.91 Å². The SMILES string of the molecule is CCOC(=O)c1c(-c2cccs2)csc1NC(=O)CN1CCN(c2ccc(O)cc2)CC1. The predicted molar refractivity (Wildman–Crippen MR) is 129 cm³/mol. The van der Waals surface area contributed by atoms with Crippen LogP contribution < -0.4 is 10.2 Å². The Morgan fingerprint density at radius 1 is 1.09 bits per heavy atom. The van der Waals surface area contributed by atoms with Crippen LogP contribution >= 0.6 is 22.7 Å². The summed E-state index contributed by atoms with van der Waals surface area (Å²) in [6.45, 7) is 5.41. The highest BCUT2D eigenvalue weighted by Crippen LogP contribution is 2.38. The maximum absolute atomic E-state index is 12.8. The third kappa shape index (κ3) is 5.12. The van der Waals surface area contributed by atoms with Crippen LogP contribution in [0.4, 0.5) is 10.7 Å². The molecule has 3 heterocycles. The summed E-state index contributed by atoms with van der Waals surface area (Å²) < 4.78 is 5.25. The first-order chi connectivity index (χ1) is 15.5. The van der Waals surface area contributed by atoms with Crippen molar-refractivity contribution >= 4 is 45.2 Å². The number of phenolic OH excluding ortho intramolecular Hbond substituents is 1. The molecule has 2 N–H and O–H groups in total. The average molecular weight is 472 g/mol. The van der Waals surface area contributed by atoms with Gasteiger partial charge in [-0.2, -0.15) is 0 Å². The van der Waals surface area contributed by atoms with Gasteiger partial charge in [0.15, 0.2) is 0 Å². The normalized spacial score (nSPS) is 14.3. The number of phenols is 1.